The summed E-state index contributed by atoms with van der Waals surface area (Å²) in [4.78, 5) is 0. The maximum Gasteiger partial charge on any atom is 0.132 e. The average Bonchev–Trinajstić information content (AvgIpc) is 2.75. The minimum Gasteiger partial charge on any atom is -0.457 e. The van der Waals surface area contributed by atoms with Crippen molar-refractivity contribution >= 4 is 17.3 Å². The van der Waals surface area contributed by atoms with E-state index in [2.05, 4.69) is 5.32 Å². The van der Waals surface area contributed by atoms with Crippen molar-refractivity contribution in [3.8, 4) is 11.5 Å². The van der Waals surface area contributed by atoms with Crippen LogP contribution in [0, 0.1) is 12.7 Å². The molecule has 0 atom stereocenters. The average molecular weight is 444 g/mol. The summed E-state index contributed by atoms with van der Waals surface area (Å²) in [5, 5.41) is 3.97. The molecule has 3 aromatic rings. The molecule has 0 unspecified atom stereocenters. The van der Waals surface area contributed by atoms with Crippen molar-refractivity contribution in [3.63, 3.8) is 0 Å². The van der Waals surface area contributed by atoms with E-state index in [-0.39, 0.29) is 5.82 Å². The fourth-order valence-electron chi connectivity index (χ4n) is 3.11. The third-order valence-corrected chi connectivity index (χ3v) is 5.03. The van der Waals surface area contributed by atoms with Crippen LogP contribution in [-0.4, -0.2) is 19.8 Å². The summed E-state index contributed by atoms with van der Waals surface area (Å²) in [5.74, 6) is 0.857. The van der Waals surface area contributed by atoms with Gasteiger partial charge in [0.25, 0.3) is 0 Å². The van der Waals surface area contributed by atoms with Crippen molar-refractivity contribution < 1.29 is 18.6 Å². The first kappa shape index (κ1) is 23.1. The molecule has 0 amide bonds. The maximum absolute atomic E-state index is 13.9. The van der Waals surface area contributed by atoms with Gasteiger partial charge in [0, 0.05) is 29.4 Å². The Hall–Kier alpha value is -2.60. The summed E-state index contributed by atoms with van der Waals surface area (Å²) in [6, 6.07) is 17.6. The first-order chi connectivity index (χ1) is 15.1. The van der Waals surface area contributed by atoms with Crippen LogP contribution in [0.2, 0.25) is 5.02 Å². The Labute approximate surface area is 187 Å². The Morgan fingerprint density at radius 1 is 0.935 bits per heavy atom. The highest BCUT2D eigenvalue weighted by atomic mass is 35.5. The predicted molar refractivity (Wildman–Crippen MR) is 123 cm³/mol. The number of benzene rings is 3. The lowest BCUT2D eigenvalue weighted by Crippen LogP contribution is -2.07. The number of rotatable bonds is 11. The number of anilines is 1. The second-order valence-corrected chi connectivity index (χ2v) is 7.44. The second-order valence-electron chi connectivity index (χ2n) is 7.00. The van der Waals surface area contributed by atoms with Crippen molar-refractivity contribution in [1.29, 1.82) is 0 Å². The molecule has 0 aliphatic carbocycles. The van der Waals surface area contributed by atoms with Crippen LogP contribution >= 0.6 is 11.6 Å². The third-order valence-electron chi connectivity index (χ3n) is 4.80. The highest BCUT2D eigenvalue weighted by Crippen LogP contribution is 2.29. The van der Waals surface area contributed by atoms with Gasteiger partial charge in [-0.1, -0.05) is 29.8 Å². The highest BCUT2D eigenvalue weighted by molar-refractivity contribution is 6.30. The molecule has 0 radical (unpaired) electrons. The fourth-order valence-corrected chi connectivity index (χ4v) is 3.29. The van der Waals surface area contributed by atoms with Gasteiger partial charge < -0.3 is 19.5 Å². The van der Waals surface area contributed by atoms with Gasteiger partial charge in [0.15, 0.2) is 0 Å². The van der Waals surface area contributed by atoms with Crippen molar-refractivity contribution in [1.82, 2.24) is 0 Å². The molecule has 0 aliphatic rings. The zero-order valence-corrected chi connectivity index (χ0v) is 18.5. The monoisotopic (exact) mass is 443 g/mol. The molecule has 0 fully saturated rings. The number of halogens is 2. The Morgan fingerprint density at radius 3 is 2.55 bits per heavy atom. The summed E-state index contributed by atoms with van der Waals surface area (Å²) in [6.07, 6.45) is 0. The molecular formula is C25H27ClFNO3. The van der Waals surface area contributed by atoms with Crippen molar-refractivity contribution in [2.75, 3.05) is 25.1 Å². The van der Waals surface area contributed by atoms with Crippen LogP contribution in [0.1, 0.15) is 23.6 Å². The van der Waals surface area contributed by atoms with Gasteiger partial charge in [0.1, 0.15) is 17.3 Å². The molecule has 0 aliphatic heterocycles. The summed E-state index contributed by atoms with van der Waals surface area (Å²) < 4.78 is 30.9. The molecular weight excluding hydrogens is 417 g/mol. The van der Waals surface area contributed by atoms with Gasteiger partial charge in [-0.05, 0) is 67.4 Å². The minimum absolute atomic E-state index is 0.316. The summed E-state index contributed by atoms with van der Waals surface area (Å²) in [5.41, 5.74) is 3.85. The highest BCUT2D eigenvalue weighted by Gasteiger charge is 2.10. The Morgan fingerprint density at radius 2 is 1.74 bits per heavy atom. The lowest BCUT2D eigenvalue weighted by molar-refractivity contribution is 0.0451. The lowest BCUT2D eigenvalue weighted by atomic mass is 10.1. The molecule has 0 heterocycles. The fraction of sp³-hybridized carbons (Fsp3) is 0.280. The Bertz CT molecular complexity index is 996. The van der Waals surface area contributed by atoms with Crippen LogP contribution in [0.4, 0.5) is 10.1 Å². The van der Waals surface area contributed by atoms with Crippen molar-refractivity contribution in [2.24, 2.45) is 0 Å². The molecule has 0 spiro atoms. The molecule has 3 rings (SSSR count). The molecule has 164 valence electrons. The smallest absolute Gasteiger partial charge is 0.132 e. The maximum atomic E-state index is 13.9. The van der Waals surface area contributed by atoms with Crippen LogP contribution in [0.3, 0.4) is 0 Å². The molecule has 1 N–H and O–H groups in total. The van der Waals surface area contributed by atoms with E-state index >= 15 is 0 Å². The van der Waals surface area contributed by atoms with E-state index in [1.807, 2.05) is 44.2 Å². The van der Waals surface area contributed by atoms with Gasteiger partial charge in [-0.15, -0.1) is 0 Å². The van der Waals surface area contributed by atoms with Crippen LogP contribution in [-0.2, 0) is 22.6 Å². The minimum atomic E-state index is -0.316. The van der Waals surface area contributed by atoms with Gasteiger partial charge in [-0.3, -0.25) is 0 Å². The standard InChI is InChI=1S/C25H27ClFNO3/c1-3-29-12-13-30-17-19-6-4-9-24(18(19)2)28-16-20-14-22(27)10-11-25(20)31-23-8-5-7-21(26)15-23/h4-11,14-15,28H,3,12-13,16-17H2,1-2H3. The van der Waals surface area contributed by atoms with Gasteiger partial charge in [-0.25, -0.2) is 4.39 Å². The molecule has 0 bridgehead atoms. The largest absolute Gasteiger partial charge is 0.457 e. The molecule has 0 saturated heterocycles. The molecule has 31 heavy (non-hydrogen) atoms. The van der Waals surface area contributed by atoms with Gasteiger partial charge in [0.2, 0.25) is 0 Å². The molecule has 3 aromatic carbocycles. The number of hydrogen-bond acceptors (Lipinski definition) is 4. The van der Waals surface area contributed by atoms with E-state index in [9.17, 15) is 4.39 Å². The number of ether oxygens (including phenoxy) is 3. The van der Waals surface area contributed by atoms with Crippen LogP contribution in [0.5, 0.6) is 11.5 Å². The molecule has 0 aromatic heterocycles. The normalized spacial score (nSPS) is 10.8. The topological polar surface area (TPSA) is 39.7 Å². The zero-order valence-electron chi connectivity index (χ0n) is 17.8. The summed E-state index contributed by atoms with van der Waals surface area (Å²) >= 11 is 6.04. The van der Waals surface area contributed by atoms with E-state index in [0.717, 1.165) is 16.8 Å². The van der Waals surface area contributed by atoms with E-state index in [1.165, 1.54) is 12.1 Å². The van der Waals surface area contributed by atoms with E-state index in [1.54, 1.807) is 18.2 Å². The van der Waals surface area contributed by atoms with E-state index in [4.69, 9.17) is 25.8 Å². The van der Waals surface area contributed by atoms with Gasteiger partial charge in [-0.2, -0.15) is 0 Å². The summed E-state index contributed by atoms with van der Waals surface area (Å²) in [6.45, 7) is 6.74. The van der Waals surface area contributed by atoms with Crippen LogP contribution < -0.4 is 10.1 Å². The van der Waals surface area contributed by atoms with Gasteiger partial charge in [0.05, 0.1) is 19.8 Å². The third kappa shape index (κ3) is 6.96. The lowest BCUT2D eigenvalue weighted by Gasteiger charge is -2.16. The second kappa shape index (κ2) is 11.7. The van der Waals surface area contributed by atoms with E-state index in [0.29, 0.717) is 55.1 Å². The van der Waals surface area contributed by atoms with E-state index < -0.39 is 0 Å². The number of hydrogen-bond donors (Lipinski definition) is 1. The molecule has 4 nitrogen and oxygen atoms in total. The van der Waals surface area contributed by atoms with Crippen molar-refractivity contribution in [3.05, 3.63) is 88.2 Å². The van der Waals surface area contributed by atoms with Crippen LogP contribution in [0.15, 0.2) is 60.7 Å². The molecule has 0 saturated carbocycles. The Balaban J connectivity index is 1.68. The van der Waals surface area contributed by atoms with Crippen LogP contribution in [0.25, 0.3) is 0 Å². The summed E-state index contributed by atoms with van der Waals surface area (Å²) in [7, 11) is 0. The predicted octanol–water partition coefficient (Wildman–Crippen LogP) is 6.75. The first-order valence-corrected chi connectivity index (χ1v) is 10.6. The SMILES string of the molecule is CCOCCOCc1cccc(NCc2cc(F)ccc2Oc2cccc(Cl)c2)c1C. The molecule has 6 heteroatoms. The van der Waals surface area contributed by atoms with Gasteiger partial charge >= 0.3 is 0 Å². The number of nitrogens with one attached hydrogen (secondary N) is 1. The first-order valence-electron chi connectivity index (χ1n) is 10.3. The van der Waals surface area contributed by atoms with Crippen molar-refractivity contribution in [2.45, 2.75) is 27.0 Å². The zero-order chi connectivity index (χ0) is 22.1. The Kier molecular flexibility index (Phi) is 8.71. The quantitative estimate of drug-likeness (QED) is 0.333.